The largest absolute Gasteiger partial charge is 0.325 e. The number of piperidine rings is 1. The third-order valence-electron chi connectivity index (χ3n) is 3.04. The summed E-state index contributed by atoms with van der Waals surface area (Å²) in [5.41, 5.74) is 1.46. The Hall–Kier alpha value is 0.284. The minimum atomic E-state index is 0. The van der Waals surface area contributed by atoms with Crippen LogP contribution < -0.4 is 0 Å². The van der Waals surface area contributed by atoms with Crippen LogP contribution in [0.2, 0.25) is 0 Å². The fourth-order valence-electron chi connectivity index (χ4n) is 2.24. The Kier molecular flexibility index (Phi) is 6.03. The van der Waals surface area contributed by atoms with Crippen molar-refractivity contribution in [2.45, 2.75) is 25.8 Å². The number of likely N-dealkylation sites (tertiary alicyclic amines) is 1. The van der Waals surface area contributed by atoms with Gasteiger partial charge in [-0.3, -0.25) is 0 Å². The first-order valence-electron chi connectivity index (χ1n) is 5.52. The van der Waals surface area contributed by atoms with Crippen molar-refractivity contribution in [1.82, 2.24) is 4.90 Å². The Morgan fingerprint density at radius 1 is 1.33 bits per heavy atom. The predicted octanol–water partition coefficient (Wildman–Crippen LogP) is 3.05. The van der Waals surface area contributed by atoms with Gasteiger partial charge in [-0.2, -0.15) is 12.8 Å². The molecule has 1 atom stereocenters. The summed E-state index contributed by atoms with van der Waals surface area (Å²) < 4.78 is 0. The Morgan fingerprint density at radius 3 is 2.73 bits per heavy atom. The molecule has 1 aromatic carbocycles. The maximum atomic E-state index is 2.56. The number of rotatable bonds is 2. The second kappa shape index (κ2) is 6.78. The molecule has 1 fully saturated rings. The van der Waals surface area contributed by atoms with Crippen molar-refractivity contribution in [1.29, 1.82) is 0 Å². The average Bonchev–Trinajstić information content (AvgIpc) is 2.30. The van der Waals surface area contributed by atoms with Crippen molar-refractivity contribution in [3.8, 4) is 0 Å². The molecule has 1 aromatic rings. The van der Waals surface area contributed by atoms with E-state index in [1.165, 1.54) is 24.9 Å². The normalized spacial score (nSPS) is 22.1. The molecule has 2 rings (SSSR count). The molecule has 0 saturated carbocycles. The molecule has 0 spiro atoms. The second-order valence-corrected chi connectivity index (χ2v) is 3.87. The molecule has 79 valence electrons. The molecule has 0 bridgehead atoms. The Bertz CT molecular complexity index is 273. The van der Waals surface area contributed by atoms with Gasteiger partial charge in [0.25, 0.3) is 0 Å². The van der Waals surface area contributed by atoms with Gasteiger partial charge in [0, 0.05) is 38.8 Å². The van der Waals surface area contributed by atoms with Crippen LogP contribution in [0.3, 0.4) is 0 Å². The molecular formula is C13H18NY-. The summed E-state index contributed by atoms with van der Waals surface area (Å²) in [7, 11) is 0. The van der Waals surface area contributed by atoms with Gasteiger partial charge in [0.2, 0.25) is 0 Å². The van der Waals surface area contributed by atoms with E-state index in [-0.39, 0.29) is 32.7 Å². The van der Waals surface area contributed by atoms with Crippen molar-refractivity contribution in [2.24, 2.45) is 0 Å². The third-order valence-corrected chi connectivity index (χ3v) is 3.04. The van der Waals surface area contributed by atoms with Crippen LogP contribution in [0.25, 0.3) is 0 Å². The fraction of sp³-hybridized carbons (Fsp3) is 0.462. The summed E-state index contributed by atoms with van der Waals surface area (Å²) in [6, 6.07) is 11.5. The van der Waals surface area contributed by atoms with Crippen LogP contribution in [0.15, 0.2) is 30.3 Å². The van der Waals surface area contributed by atoms with Gasteiger partial charge < -0.3 is 11.3 Å². The summed E-state index contributed by atoms with van der Waals surface area (Å²) in [6.45, 7) is 4.63. The smallest absolute Gasteiger partial charge is 0.00778 e. The molecule has 1 saturated heterocycles. The predicted molar refractivity (Wildman–Crippen MR) is 60.0 cm³/mol. The first-order chi connectivity index (χ1) is 6.92. The van der Waals surface area contributed by atoms with E-state index in [9.17, 15) is 0 Å². The molecule has 0 amide bonds. The molecular weight excluding hydrogens is 259 g/mol. The van der Waals surface area contributed by atoms with Gasteiger partial charge in [0.15, 0.2) is 0 Å². The van der Waals surface area contributed by atoms with Crippen molar-refractivity contribution in [3.63, 3.8) is 0 Å². The Morgan fingerprint density at radius 2 is 2.07 bits per heavy atom. The van der Waals surface area contributed by atoms with Crippen LogP contribution in [0.5, 0.6) is 0 Å². The molecule has 2 heteroatoms. The molecule has 0 aromatic heterocycles. The van der Waals surface area contributed by atoms with Crippen LogP contribution >= 0.6 is 0 Å². The van der Waals surface area contributed by atoms with Gasteiger partial charge in [-0.05, 0) is 18.7 Å². The van der Waals surface area contributed by atoms with Crippen molar-refractivity contribution >= 4 is 0 Å². The fourth-order valence-corrected chi connectivity index (χ4v) is 2.24. The number of benzene rings is 1. The standard InChI is InChI=1S/C13H18N.Y/c1-2-14-11-7-6-10-13(14)12-8-4-3-5-9-12;/h3-6,8-9,13H,2,7,10-11H2,1H3;/q-1;. The van der Waals surface area contributed by atoms with E-state index in [0.29, 0.717) is 6.04 Å². The minimum Gasteiger partial charge on any atom is -0.325 e. The molecule has 1 aliphatic rings. The second-order valence-electron chi connectivity index (χ2n) is 3.87. The summed E-state index contributed by atoms with van der Waals surface area (Å²) >= 11 is 0. The van der Waals surface area contributed by atoms with Gasteiger partial charge in [-0.1, -0.05) is 37.3 Å². The summed E-state index contributed by atoms with van der Waals surface area (Å²) in [6.07, 6.45) is 4.87. The third kappa shape index (κ3) is 3.37. The van der Waals surface area contributed by atoms with Crippen LogP contribution in [0, 0.1) is 6.42 Å². The molecule has 1 radical (unpaired) electrons. The SMILES string of the molecule is CCN1CC[CH-]CC1c1ccccc1.[Y]. The van der Waals surface area contributed by atoms with E-state index in [2.05, 4.69) is 48.6 Å². The van der Waals surface area contributed by atoms with Gasteiger partial charge in [0.1, 0.15) is 0 Å². The number of hydrogen-bond donors (Lipinski definition) is 0. The number of nitrogens with zero attached hydrogens (tertiary/aromatic N) is 1. The first-order valence-corrected chi connectivity index (χ1v) is 5.52. The van der Waals surface area contributed by atoms with Crippen LogP contribution in [-0.4, -0.2) is 18.0 Å². The zero-order valence-corrected chi connectivity index (χ0v) is 12.2. The molecule has 1 heterocycles. The van der Waals surface area contributed by atoms with E-state index in [4.69, 9.17) is 0 Å². The Labute approximate surface area is 118 Å². The number of hydrogen-bond acceptors (Lipinski definition) is 1. The van der Waals surface area contributed by atoms with Crippen molar-refractivity contribution < 1.29 is 32.7 Å². The molecule has 1 unspecified atom stereocenters. The van der Waals surface area contributed by atoms with Crippen molar-refractivity contribution in [3.05, 3.63) is 42.3 Å². The van der Waals surface area contributed by atoms with E-state index < -0.39 is 0 Å². The maximum Gasteiger partial charge on any atom is 0.00778 e. The van der Waals surface area contributed by atoms with Gasteiger partial charge in [0.05, 0.1) is 0 Å². The van der Waals surface area contributed by atoms with Gasteiger partial charge >= 0.3 is 0 Å². The molecule has 1 nitrogen and oxygen atoms in total. The van der Waals surface area contributed by atoms with E-state index in [1.807, 2.05) is 0 Å². The Balaban J connectivity index is 0.00000112. The average molecular weight is 277 g/mol. The monoisotopic (exact) mass is 277 g/mol. The molecule has 15 heavy (non-hydrogen) atoms. The zero-order chi connectivity index (χ0) is 9.80. The summed E-state index contributed by atoms with van der Waals surface area (Å²) in [4.78, 5) is 2.56. The van der Waals surface area contributed by atoms with Crippen LogP contribution in [0.4, 0.5) is 0 Å². The van der Waals surface area contributed by atoms with E-state index in [0.717, 1.165) is 6.54 Å². The summed E-state index contributed by atoms with van der Waals surface area (Å²) in [5.74, 6) is 0. The van der Waals surface area contributed by atoms with Crippen molar-refractivity contribution in [2.75, 3.05) is 13.1 Å². The van der Waals surface area contributed by atoms with Gasteiger partial charge in [-0.15, -0.1) is 0 Å². The quantitative estimate of drug-likeness (QED) is 0.751. The first kappa shape index (κ1) is 13.3. The zero-order valence-electron chi connectivity index (χ0n) is 9.39. The molecule has 0 N–H and O–H groups in total. The minimum absolute atomic E-state index is 0. The topological polar surface area (TPSA) is 3.24 Å². The molecule has 1 aliphatic heterocycles. The van der Waals surface area contributed by atoms with Crippen LogP contribution in [-0.2, 0) is 32.7 Å². The van der Waals surface area contributed by atoms with E-state index in [1.54, 1.807) is 0 Å². The maximum absolute atomic E-state index is 2.56. The van der Waals surface area contributed by atoms with E-state index >= 15 is 0 Å². The van der Waals surface area contributed by atoms with Gasteiger partial charge in [-0.25, -0.2) is 0 Å². The van der Waals surface area contributed by atoms with Crippen LogP contribution in [0.1, 0.15) is 31.4 Å². The molecule has 0 aliphatic carbocycles. The summed E-state index contributed by atoms with van der Waals surface area (Å²) in [5, 5.41) is 0.